The maximum Gasteiger partial charge on any atom is 0.264 e. The van der Waals surface area contributed by atoms with Crippen LogP contribution in [0.3, 0.4) is 0 Å². The van der Waals surface area contributed by atoms with Crippen molar-refractivity contribution in [1.29, 1.82) is 0 Å². The van der Waals surface area contributed by atoms with Gasteiger partial charge >= 0.3 is 0 Å². The molecule has 0 bridgehead atoms. The van der Waals surface area contributed by atoms with E-state index in [0.717, 1.165) is 4.31 Å². The molecule has 0 N–H and O–H groups in total. The fraction of sp³-hybridized carbons (Fsp3) is 0.0714. The largest absolute Gasteiger partial charge is 0.279 e. The molecule has 2 rings (SSSR count). The van der Waals surface area contributed by atoms with Gasteiger partial charge in [-0.05, 0) is 41.9 Å². The Morgan fingerprint density at radius 3 is 2.33 bits per heavy atom. The molecule has 0 aliphatic heterocycles. The van der Waals surface area contributed by atoms with Crippen LogP contribution in [0.5, 0.6) is 0 Å². The molecule has 0 amide bonds. The van der Waals surface area contributed by atoms with Crippen molar-refractivity contribution in [3.8, 4) is 0 Å². The summed E-state index contributed by atoms with van der Waals surface area (Å²) in [6.45, 7) is -0.435. The number of carbonyl (C=O) groups excluding carboxylic acids is 1. The highest BCUT2D eigenvalue weighted by molar-refractivity contribution is 9.10. The van der Waals surface area contributed by atoms with Gasteiger partial charge in [-0.1, -0.05) is 40.2 Å². The summed E-state index contributed by atoms with van der Waals surface area (Å²) in [5.74, 6) is 0. The van der Waals surface area contributed by atoms with Crippen molar-refractivity contribution in [1.82, 2.24) is 0 Å². The van der Waals surface area contributed by atoms with Crippen LogP contribution in [-0.4, -0.2) is 20.2 Å². The molecule has 0 unspecified atom stereocenters. The topological polar surface area (TPSA) is 54.5 Å². The first-order valence-electron chi connectivity index (χ1n) is 5.93. The van der Waals surface area contributed by atoms with Gasteiger partial charge in [0.05, 0.1) is 10.6 Å². The summed E-state index contributed by atoms with van der Waals surface area (Å²) in [4.78, 5) is 11.3. The fourth-order valence-electron chi connectivity index (χ4n) is 1.78. The smallest absolute Gasteiger partial charge is 0.264 e. The number of nitrogens with zero attached hydrogens (tertiary/aromatic N) is 1. The van der Waals surface area contributed by atoms with Gasteiger partial charge in [-0.3, -0.25) is 9.10 Å². The molecule has 0 heterocycles. The van der Waals surface area contributed by atoms with Crippen LogP contribution in [0.1, 0.15) is 0 Å². The van der Waals surface area contributed by atoms with Gasteiger partial charge in [-0.2, -0.15) is 0 Å². The number of halogens is 2. The molecule has 4 nitrogen and oxygen atoms in total. The van der Waals surface area contributed by atoms with Crippen LogP contribution >= 0.6 is 27.5 Å². The highest BCUT2D eigenvalue weighted by Gasteiger charge is 2.26. The van der Waals surface area contributed by atoms with Crippen molar-refractivity contribution >= 4 is 48.5 Å². The number of carbonyl (C=O) groups is 1. The van der Waals surface area contributed by atoms with E-state index in [4.69, 9.17) is 11.6 Å². The van der Waals surface area contributed by atoms with Crippen LogP contribution in [0.2, 0.25) is 0 Å². The van der Waals surface area contributed by atoms with E-state index < -0.39 is 21.8 Å². The lowest BCUT2D eigenvalue weighted by atomic mass is 10.3. The van der Waals surface area contributed by atoms with Gasteiger partial charge in [0, 0.05) is 4.47 Å². The van der Waals surface area contributed by atoms with Crippen molar-refractivity contribution in [3.05, 3.63) is 59.1 Å². The lowest BCUT2D eigenvalue weighted by molar-refractivity contribution is -0.110. The molecule has 0 atom stereocenters. The summed E-state index contributed by atoms with van der Waals surface area (Å²) in [6, 6.07) is 14.6. The zero-order chi connectivity index (χ0) is 15.5. The SMILES string of the molecule is O=C(Cl)CN(c1cccc(Br)c1)S(=O)(=O)c1ccccc1. The zero-order valence-electron chi connectivity index (χ0n) is 10.7. The molecule has 0 saturated carbocycles. The van der Waals surface area contributed by atoms with Crippen molar-refractivity contribution < 1.29 is 13.2 Å². The molecule has 0 aromatic heterocycles. The molecule has 0 spiro atoms. The Morgan fingerprint density at radius 1 is 1.10 bits per heavy atom. The predicted molar refractivity (Wildman–Crippen MR) is 86.0 cm³/mol. The van der Waals surface area contributed by atoms with Gasteiger partial charge in [-0.25, -0.2) is 8.42 Å². The first-order chi connectivity index (χ1) is 9.91. The van der Waals surface area contributed by atoms with Gasteiger partial charge in [0.25, 0.3) is 10.0 Å². The lowest BCUT2D eigenvalue weighted by Crippen LogP contribution is -2.34. The lowest BCUT2D eigenvalue weighted by Gasteiger charge is -2.23. The van der Waals surface area contributed by atoms with Crippen molar-refractivity contribution in [3.63, 3.8) is 0 Å². The van der Waals surface area contributed by atoms with Crippen LogP contribution < -0.4 is 4.31 Å². The van der Waals surface area contributed by atoms with E-state index in [9.17, 15) is 13.2 Å². The number of hydrogen-bond donors (Lipinski definition) is 0. The molecular formula is C14H11BrClNO3S. The van der Waals surface area contributed by atoms with Gasteiger partial charge < -0.3 is 0 Å². The third-order valence-corrected chi connectivity index (χ3v) is 5.10. The molecular weight excluding hydrogens is 378 g/mol. The van der Waals surface area contributed by atoms with E-state index in [2.05, 4.69) is 15.9 Å². The van der Waals surface area contributed by atoms with E-state index in [1.54, 1.807) is 42.5 Å². The minimum atomic E-state index is -3.86. The molecule has 0 fully saturated rings. The monoisotopic (exact) mass is 387 g/mol. The van der Waals surface area contributed by atoms with E-state index >= 15 is 0 Å². The summed E-state index contributed by atoms with van der Waals surface area (Å²) >= 11 is 8.68. The zero-order valence-corrected chi connectivity index (χ0v) is 13.9. The van der Waals surface area contributed by atoms with Crippen LogP contribution in [0.25, 0.3) is 0 Å². The summed E-state index contributed by atoms with van der Waals surface area (Å²) in [6.07, 6.45) is 0. The average molecular weight is 389 g/mol. The quantitative estimate of drug-likeness (QED) is 0.738. The minimum Gasteiger partial charge on any atom is -0.279 e. The second kappa shape index (κ2) is 6.60. The van der Waals surface area contributed by atoms with Gasteiger partial charge in [0.2, 0.25) is 5.24 Å². The Labute approximate surface area is 136 Å². The minimum absolute atomic E-state index is 0.0999. The second-order valence-electron chi connectivity index (χ2n) is 4.16. The first-order valence-corrected chi connectivity index (χ1v) is 8.54. The number of sulfonamides is 1. The normalized spacial score (nSPS) is 11.1. The van der Waals surface area contributed by atoms with Crippen LogP contribution in [0.15, 0.2) is 64.0 Å². The molecule has 110 valence electrons. The average Bonchev–Trinajstić information content (AvgIpc) is 2.45. The van der Waals surface area contributed by atoms with E-state index in [1.807, 2.05) is 0 Å². The molecule has 2 aromatic rings. The van der Waals surface area contributed by atoms with Crippen molar-refractivity contribution in [2.75, 3.05) is 10.8 Å². The Bertz CT molecular complexity index is 750. The molecule has 0 aliphatic rings. The number of anilines is 1. The third kappa shape index (κ3) is 3.84. The molecule has 0 aliphatic carbocycles. The Kier molecular flexibility index (Phi) is 5.03. The predicted octanol–water partition coefficient (Wildman–Crippen LogP) is 3.41. The Hall–Kier alpha value is -1.37. The summed E-state index contributed by atoms with van der Waals surface area (Å²) < 4.78 is 27.1. The number of benzene rings is 2. The standard InChI is InChI=1S/C14H11BrClNO3S/c15-11-5-4-6-12(9-11)17(10-14(16)18)21(19,20)13-7-2-1-3-8-13/h1-9H,10H2. The maximum absolute atomic E-state index is 12.7. The fourth-order valence-corrected chi connectivity index (χ4v) is 3.79. The first kappa shape index (κ1) is 16.0. The van der Waals surface area contributed by atoms with E-state index in [-0.39, 0.29) is 4.90 Å². The maximum atomic E-state index is 12.7. The molecule has 21 heavy (non-hydrogen) atoms. The van der Waals surface area contributed by atoms with E-state index in [1.165, 1.54) is 12.1 Å². The van der Waals surface area contributed by atoms with Crippen molar-refractivity contribution in [2.45, 2.75) is 4.90 Å². The number of rotatable bonds is 5. The third-order valence-electron chi connectivity index (χ3n) is 2.70. The highest BCUT2D eigenvalue weighted by atomic mass is 79.9. The second-order valence-corrected chi connectivity index (χ2v) is 7.36. The van der Waals surface area contributed by atoms with Gasteiger partial charge in [0.1, 0.15) is 6.54 Å². The molecule has 2 aromatic carbocycles. The van der Waals surface area contributed by atoms with Crippen LogP contribution in [0, 0.1) is 0 Å². The Morgan fingerprint density at radius 2 is 1.76 bits per heavy atom. The summed E-state index contributed by atoms with van der Waals surface area (Å²) in [5, 5.41) is -0.755. The molecule has 7 heteroatoms. The summed E-state index contributed by atoms with van der Waals surface area (Å²) in [7, 11) is -3.86. The highest BCUT2D eigenvalue weighted by Crippen LogP contribution is 2.26. The van der Waals surface area contributed by atoms with Gasteiger partial charge in [0.15, 0.2) is 0 Å². The van der Waals surface area contributed by atoms with Crippen molar-refractivity contribution in [2.24, 2.45) is 0 Å². The molecule has 0 saturated heterocycles. The van der Waals surface area contributed by atoms with Crippen LogP contribution in [0.4, 0.5) is 5.69 Å². The van der Waals surface area contributed by atoms with Crippen LogP contribution in [-0.2, 0) is 14.8 Å². The number of hydrogen-bond acceptors (Lipinski definition) is 3. The molecule has 0 radical (unpaired) electrons. The summed E-state index contributed by atoms with van der Waals surface area (Å²) in [5.41, 5.74) is 0.363. The Balaban J connectivity index is 2.53. The van der Waals surface area contributed by atoms with E-state index in [0.29, 0.717) is 10.2 Å². The van der Waals surface area contributed by atoms with Gasteiger partial charge in [-0.15, -0.1) is 0 Å².